The van der Waals surface area contributed by atoms with Crippen LogP contribution in [0.1, 0.15) is 11.1 Å². The van der Waals surface area contributed by atoms with Crippen LogP contribution in [0.4, 0.5) is 5.69 Å². The van der Waals surface area contributed by atoms with Crippen LogP contribution in [0.25, 0.3) is 0 Å². The highest BCUT2D eigenvalue weighted by Crippen LogP contribution is 2.31. The van der Waals surface area contributed by atoms with Crippen molar-refractivity contribution in [3.63, 3.8) is 0 Å². The van der Waals surface area contributed by atoms with Gasteiger partial charge in [-0.1, -0.05) is 24.3 Å². The first-order valence-corrected chi connectivity index (χ1v) is 10.3. The van der Waals surface area contributed by atoms with Crippen LogP contribution in [0.15, 0.2) is 42.5 Å². The SMILES string of the molecule is Cc1ccc(C)c(NC(=O)CN2CCN(C(=O)[C@@H]3COc4ccccc4O3)CC2)c1. The Hall–Kier alpha value is -3.06. The van der Waals surface area contributed by atoms with E-state index in [1.807, 2.05) is 50.2 Å². The summed E-state index contributed by atoms with van der Waals surface area (Å²) in [4.78, 5) is 29.1. The van der Waals surface area contributed by atoms with Crippen molar-refractivity contribution in [2.45, 2.75) is 20.0 Å². The molecule has 1 N–H and O–H groups in total. The molecule has 0 bridgehead atoms. The fourth-order valence-corrected chi connectivity index (χ4v) is 3.73. The maximum absolute atomic E-state index is 12.8. The predicted octanol–water partition coefficient (Wildman–Crippen LogP) is 2.23. The summed E-state index contributed by atoms with van der Waals surface area (Å²) in [6.45, 7) is 6.94. The fourth-order valence-electron chi connectivity index (χ4n) is 3.73. The number of hydrogen-bond donors (Lipinski definition) is 1. The lowest BCUT2D eigenvalue weighted by Gasteiger charge is -2.36. The van der Waals surface area contributed by atoms with Gasteiger partial charge in [-0.3, -0.25) is 14.5 Å². The third-order valence-electron chi connectivity index (χ3n) is 5.50. The Kier molecular flexibility index (Phi) is 5.90. The van der Waals surface area contributed by atoms with Gasteiger partial charge in [0.1, 0.15) is 6.61 Å². The van der Waals surface area contributed by atoms with Gasteiger partial charge in [-0.25, -0.2) is 0 Å². The van der Waals surface area contributed by atoms with Crippen molar-refractivity contribution in [2.24, 2.45) is 0 Å². The third-order valence-corrected chi connectivity index (χ3v) is 5.50. The molecule has 0 spiro atoms. The molecular weight excluding hydrogens is 382 g/mol. The van der Waals surface area contributed by atoms with Crippen LogP contribution in [0.3, 0.4) is 0 Å². The second-order valence-electron chi connectivity index (χ2n) is 7.83. The lowest BCUT2D eigenvalue weighted by Crippen LogP contribution is -2.54. The standard InChI is InChI=1S/C23H27N3O4/c1-16-7-8-17(2)18(13-16)24-22(27)14-25-9-11-26(12-10-25)23(28)21-15-29-19-5-3-4-6-20(19)30-21/h3-8,13,21H,9-12,14-15H2,1-2H3,(H,24,27)/t21-/m0/s1. The van der Waals surface area contributed by atoms with Crippen LogP contribution in [0.2, 0.25) is 0 Å². The highest BCUT2D eigenvalue weighted by molar-refractivity contribution is 5.93. The van der Waals surface area contributed by atoms with Gasteiger partial charge in [0, 0.05) is 31.9 Å². The van der Waals surface area contributed by atoms with Gasteiger partial charge in [0.15, 0.2) is 11.5 Å². The summed E-state index contributed by atoms with van der Waals surface area (Å²) in [6.07, 6.45) is -0.626. The molecule has 0 aliphatic carbocycles. The molecule has 30 heavy (non-hydrogen) atoms. The maximum Gasteiger partial charge on any atom is 0.267 e. The Bertz CT molecular complexity index is 938. The van der Waals surface area contributed by atoms with Crippen molar-refractivity contribution < 1.29 is 19.1 Å². The molecule has 0 saturated carbocycles. The second-order valence-corrected chi connectivity index (χ2v) is 7.83. The first kappa shape index (κ1) is 20.2. The minimum Gasteiger partial charge on any atom is -0.485 e. The molecule has 1 saturated heterocycles. The smallest absolute Gasteiger partial charge is 0.267 e. The van der Waals surface area contributed by atoms with Crippen molar-refractivity contribution in [1.82, 2.24) is 9.80 Å². The van der Waals surface area contributed by atoms with Crippen molar-refractivity contribution in [3.8, 4) is 11.5 Å². The molecule has 0 radical (unpaired) electrons. The number of anilines is 1. The Morgan fingerprint density at radius 3 is 2.53 bits per heavy atom. The van der Waals surface area contributed by atoms with Gasteiger partial charge in [0.05, 0.1) is 6.54 Å². The summed E-state index contributed by atoms with van der Waals surface area (Å²) in [5, 5.41) is 3.00. The van der Waals surface area contributed by atoms with Gasteiger partial charge >= 0.3 is 0 Å². The third kappa shape index (κ3) is 4.57. The van der Waals surface area contributed by atoms with Crippen LogP contribution >= 0.6 is 0 Å². The number of carbonyl (C=O) groups excluding carboxylic acids is 2. The van der Waals surface area contributed by atoms with E-state index < -0.39 is 6.10 Å². The molecule has 2 aromatic carbocycles. The molecular formula is C23H27N3O4. The van der Waals surface area contributed by atoms with E-state index in [9.17, 15) is 9.59 Å². The summed E-state index contributed by atoms with van der Waals surface area (Å²) in [5.41, 5.74) is 3.00. The van der Waals surface area contributed by atoms with Crippen molar-refractivity contribution in [3.05, 3.63) is 53.6 Å². The highest BCUT2D eigenvalue weighted by atomic mass is 16.6. The molecule has 2 amide bonds. The van der Waals surface area contributed by atoms with E-state index in [4.69, 9.17) is 9.47 Å². The van der Waals surface area contributed by atoms with E-state index in [1.54, 1.807) is 11.0 Å². The number of nitrogens with zero attached hydrogens (tertiary/aromatic N) is 2. The average Bonchev–Trinajstić information content (AvgIpc) is 2.76. The summed E-state index contributed by atoms with van der Waals surface area (Å²) < 4.78 is 11.5. The quantitative estimate of drug-likeness (QED) is 0.839. The van der Waals surface area contributed by atoms with Crippen molar-refractivity contribution in [1.29, 1.82) is 0 Å². The lowest BCUT2D eigenvalue weighted by molar-refractivity contribution is -0.143. The summed E-state index contributed by atoms with van der Waals surface area (Å²) in [6, 6.07) is 13.4. The van der Waals surface area contributed by atoms with Gasteiger partial charge in [0.25, 0.3) is 5.91 Å². The van der Waals surface area contributed by atoms with E-state index in [1.165, 1.54) is 0 Å². The molecule has 2 aliphatic rings. The first-order valence-electron chi connectivity index (χ1n) is 10.3. The number of hydrogen-bond acceptors (Lipinski definition) is 5. The number of aryl methyl sites for hydroxylation is 2. The molecule has 7 nitrogen and oxygen atoms in total. The molecule has 2 aliphatic heterocycles. The Morgan fingerprint density at radius 2 is 1.77 bits per heavy atom. The number of piperazine rings is 1. The number of carbonyl (C=O) groups is 2. The van der Waals surface area contributed by atoms with Gasteiger partial charge in [-0.05, 0) is 43.2 Å². The van der Waals surface area contributed by atoms with E-state index >= 15 is 0 Å². The zero-order valence-electron chi connectivity index (χ0n) is 17.4. The van der Waals surface area contributed by atoms with Crippen LogP contribution < -0.4 is 14.8 Å². The number of nitrogens with one attached hydrogen (secondary N) is 1. The predicted molar refractivity (Wildman–Crippen MR) is 114 cm³/mol. The number of fused-ring (bicyclic) bond motifs is 1. The number of para-hydroxylation sites is 2. The molecule has 7 heteroatoms. The topological polar surface area (TPSA) is 71.1 Å². The Balaban J connectivity index is 1.26. The van der Waals surface area contributed by atoms with Crippen molar-refractivity contribution in [2.75, 3.05) is 44.6 Å². The lowest BCUT2D eigenvalue weighted by atomic mass is 10.1. The Morgan fingerprint density at radius 1 is 1.03 bits per heavy atom. The second kappa shape index (κ2) is 8.75. The van der Waals surface area contributed by atoms with E-state index in [2.05, 4.69) is 10.2 Å². The van der Waals surface area contributed by atoms with E-state index in [0.29, 0.717) is 44.2 Å². The maximum atomic E-state index is 12.8. The molecule has 4 rings (SSSR count). The average molecular weight is 409 g/mol. The van der Waals surface area contributed by atoms with Crippen LogP contribution in [0.5, 0.6) is 11.5 Å². The number of rotatable bonds is 4. The minimum absolute atomic E-state index is 0.0379. The monoisotopic (exact) mass is 409 g/mol. The molecule has 158 valence electrons. The normalized spacial score (nSPS) is 18.7. The summed E-state index contributed by atoms with van der Waals surface area (Å²) in [5.74, 6) is 1.16. The van der Waals surface area contributed by atoms with Crippen molar-refractivity contribution >= 4 is 17.5 Å². The number of benzene rings is 2. The Labute approximate surface area is 176 Å². The number of amides is 2. The summed E-state index contributed by atoms with van der Waals surface area (Å²) in [7, 11) is 0. The van der Waals surface area contributed by atoms with Gasteiger partial charge in [-0.15, -0.1) is 0 Å². The van der Waals surface area contributed by atoms with E-state index in [-0.39, 0.29) is 18.4 Å². The van der Waals surface area contributed by atoms with Crippen LogP contribution in [-0.2, 0) is 9.59 Å². The van der Waals surface area contributed by atoms with E-state index in [0.717, 1.165) is 16.8 Å². The minimum atomic E-state index is -0.626. The molecule has 2 heterocycles. The number of ether oxygens (including phenoxy) is 2. The molecule has 1 atom stereocenters. The molecule has 2 aromatic rings. The first-order chi connectivity index (χ1) is 14.5. The zero-order valence-corrected chi connectivity index (χ0v) is 17.4. The van der Waals surface area contributed by atoms with Gasteiger partial charge in [-0.2, -0.15) is 0 Å². The molecule has 1 fully saturated rings. The molecule has 0 aromatic heterocycles. The summed E-state index contributed by atoms with van der Waals surface area (Å²) >= 11 is 0. The highest BCUT2D eigenvalue weighted by Gasteiger charge is 2.32. The van der Waals surface area contributed by atoms with Crippen LogP contribution in [-0.4, -0.2) is 67.0 Å². The molecule has 0 unspecified atom stereocenters. The van der Waals surface area contributed by atoms with Crippen LogP contribution in [0, 0.1) is 13.8 Å². The zero-order chi connectivity index (χ0) is 21.1. The fraction of sp³-hybridized carbons (Fsp3) is 0.391. The van der Waals surface area contributed by atoms with Gasteiger partial charge in [0.2, 0.25) is 12.0 Å². The van der Waals surface area contributed by atoms with Gasteiger partial charge < -0.3 is 19.7 Å². The largest absolute Gasteiger partial charge is 0.485 e.